The van der Waals surface area contributed by atoms with Crippen molar-refractivity contribution in [2.24, 2.45) is 52.3 Å². The summed E-state index contributed by atoms with van der Waals surface area (Å²) in [6.45, 7) is 12.3. The fraction of sp³-hybridized carbons (Fsp3) is 0.903. The Bertz CT molecular complexity index is 836. The van der Waals surface area contributed by atoms with Crippen molar-refractivity contribution in [2.45, 2.75) is 118 Å². The fourth-order valence-electron chi connectivity index (χ4n) is 9.51. The van der Waals surface area contributed by atoms with Crippen LogP contribution in [0.25, 0.3) is 0 Å². The Balaban J connectivity index is 1.38. The zero-order chi connectivity index (χ0) is 26.1. The van der Waals surface area contributed by atoms with E-state index in [0.29, 0.717) is 16.7 Å². The number of hydrogen-bond donors (Lipinski definition) is 0. The number of hydrogen-bond acceptors (Lipinski definition) is 4. The van der Waals surface area contributed by atoms with Gasteiger partial charge in [-0.25, -0.2) is 0 Å². The molecular weight excluding hydrogens is 450 g/mol. The maximum atomic E-state index is 12.2. The van der Waals surface area contributed by atoms with E-state index in [1.54, 1.807) is 0 Å². The predicted octanol–water partition coefficient (Wildman–Crippen LogP) is 8.20. The highest BCUT2D eigenvalue weighted by atomic mass is 16.6. The standard InChI is InChI=1S/C31H51NO4/c1-21(2)8-6-9-22(3)26-13-14-27-25-12-11-23-20-24(36-29(33)10-7-19-32(34)35)15-17-30(23,4)28(25)16-18-31(26,27)5/h15,21-23,25-28H,6-14,16-20H2,1-5H3. The molecule has 3 fully saturated rings. The van der Waals surface area contributed by atoms with Crippen LogP contribution in [-0.4, -0.2) is 17.4 Å². The lowest BCUT2D eigenvalue weighted by atomic mass is 9.45. The molecule has 5 heteroatoms. The highest BCUT2D eigenvalue weighted by Gasteiger charge is 2.60. The minimum absolute atomic E-state index is 0.127. The van der Waals surface area contributed by atoms with Crippen LogP contribution >= 0.6 is 0 Å². The molecule has 0 aromatic heterocycles. The van der Waals surface area contributed by atoms with Crippen molar-refractivity contribution in [3.8, 4) is 0 Å². The number of carbonyl (C=O) groups is 1. The first-order valence-corrected chi connectivity index (χ1v) is 15.1. The molecular formula is C31H51NO4. The second kappa shape index (κ2) is 11.2. The number of esters is 1. The number of carbonyl (C=O) groups excluding carboxylic acids is 1. The summed E-state index contributed by atoms with van der Waals surface area (Å²) < 4.78 is 5.68. The second-order valence-electron chi connectivity index (χ2n) is 13.9. The first kappa shape index (κ1) is 27.6. The van der Waals surface area contributed by atoms with Crippen LogP contribution in [0.1, 0.15) is 118 Å². The Hall–Kier alpha value is -1.39. The van der Waals surface area contributed by atoms with Crippen LogP contribution in [0, 0.1) is 62.4 Å². The molecule has 36 heavy (non-hydrogen) atoms. The van der Waals surface area contributed by atoms with Gasteiger partial charge in [-0.2, -0.15) is 0 Å². The van der Waals surface area contributed by atoms with Crippen molar-refractivity contribution in [3.63, 3.8) is 0 Å². The van der Waals surface area contributed by atoms with E-state index in [1.807, 2.05) is 0 Å². The Morgan fingerprint density at radius 2 is 1.81 bits per heavy atom. The minimum Gasteiger partial charge on any atom is -0.431 e. The van der Waals surface area contributed by atoms with Gasteiger partial charge >= 0.3 is 5.97 Å². The van der Waals surface area contributed by atoms with Gasteiger partial charge in [0.25, 0.3) is 0 Å². The highest BCUT2D eigenvalue weighted by Crippen LogP contribution is 2.68. The quantitative estimate of drug-likeness (QED) is 0.172. The zero-order valence-corrected chi connectivity index (χ0v) is 23.6. The summed E-state index contributed by atoms with van der Waals surface area (Å²) in [4.78, 5) is 22.4. The van der Waals surface area contributed by atoms with Gasteiger partial charge in [0.05, 0.1) is 6.42 Å². The van der Waals surface area contributed by atoms with Crippen molar-refractivity contribution in [1.82, 2.24) is 0 Å². The Morgan fingerprint density at radius 3 is 2.53 bits per heavy atom. The topological polar surface area (TPSA) is 69.4 Å². The number of rotatable bonds is 10. The molecule has 4 aliphatic carbocycles. The lowest BCUT2D eigenvalue weighted by Gasteiger charge is -2.60. The summed E-state index contributed by atoms with van der Waals surface area (Å²) in [6.07, 6.45) is 16.8. The zero-order valence-electron chi connectivity index (χ0n) is 23.6. The third-order valence-electron chi connectivity index (χ3n) is 11.5. The molecule has 0 heterocycles. The Labute approximate surface area is 219 Å². The monoisotopic (exact) mass is 501 g/mol. The fourth-order valence-corrected chi connectivity index (χ4v) is 9.51. The maximum Gasteiger partial charge on any atom is 0.311 e. The van der Waals surface area contributed by atoms with Gasteiger partial charge in [-0.05, 0) is 103 Å². The molecule has 0 N–H and O–H groups in total. The molecule has 0 amide bonds. The maximum absolute atomic E-state index is 12.2. The van der Waals surface area contributed by atoms with Crippen molar-refractivity contribution < 1.29 is 14.5 Å². The number of nitro groups is 1. The van der Waals surface area contributed by atoms with E-state index in [-0.39, 0.29) is 30.3 Å². The molecule has 0 saturated heterocycles. The summed E-state index contributed by atoms with van der Waals surface area (Å²) in [5.74, 6) is 6.19. The molecule has 8 atom stereocenters. The molecule has 3 saturated carbocycles. The van der Waals surface area contributed by atoms with E-state index in [2.05, 4.69) is 40.7 Å². The average Bonchev–Trinajstić information content (AvgIpc) is 3.16. The first-order valence-electron chi connectivity index (χ1n) is 15.1. The summed E-state index contributed by atoms with van der Waals surface area (Å²) in [5.41, 5.74) is 0.837. The third-order valence-corrected chi connectivity index (χ3v) is 11.5. The van der Waals surface area contributed by atoms with Crippen molar-refractivity contribution in [1.29, 1.82) is 0 Å². The SMILES string of the molecule is CC(C)CCCC(C)C1CCC2C3CCC4CC(OC(=O)CCC[N+](=O)[O-])=CCC4(C)C3CCC12C. The Morgan fingerprint density at radius 1 is 1.06 bits per heavy atom. The molecule has 0 bridgehead atoms. The van der Waals surface area contributed by atoms with Gasteiger partial charge in [-0.1, -0.05) is 53.9 Å². The number of fused-ring (bicyclic) bond motifs is 5. The lowest BCUT2D eigenvalue weighted by molar-refractivity contribution is -0.480. The Kier molecular flexibility index (Phi) is 8.56. The van der Waals surface area contributed by atoms with Crippen molar-refractivity contribution in [3.05, 3.63) is 21.9 Å². The average molecular weight is 502 g/mol. The third kappa shape index (κ3) is 5.55. The largest absolute Gasteiger partial charge is 0.431 e. The second-order valence-corrected chi connectivity index (χ2v) is 13.9. The van der Waals surface area contributed by atoms with Gasteiger partial charge in [0.1, 0.15) is 5.76 Å². The van der Waals surface area contributed by atoms with Crippen LogP contribution in [0.4, 0.5) is 0 Å². The molecule has 4 aliphatic rings. The van der Waals surface area contributed by atoms with E-state index < -0.39 is 0 Å². The lowest BCUT2D eigenvalue weighted by Crippen LogP contribution is -2.53. The van der Waals surface area contributed by atoms with Crippen LogP contribution in [0.5, 0.6) is 0 Å². The van der Waals surface area contributed by atoms with Crippen molar-refractivity contribution in [2.75, 3.05) is 6.54 Å². The van der Waals surface area contributed by atoms with Gasteiger partial charge < -0.3 is 4.74 Å². The minimum atomic E-state index is -0.369. The van der Waals surface area contributed by atoms with Crippen LogP contribution in [0.2, 0.25) is 0 Å². The number of nitrogens with zero attached hydrogens (tertiary/aromatic N) is 1. The van der Waals surface area contributed by atoms with Crippen LogP contribution in [-0.2, 0) is 9.53 Å². The van der Waals surface area contributed by atoms with E-state index in [4.69, 9.17) is 4.74 Å². The molecule has 0 spiro atoms. The molecule has 8 unspecified atom stereocenters. The van der Waals surface area contributed by atoms with Gasteiger partial charge in [0, 0.05) is 17.8 Å². The molecule has 4 rings (SSSR count). The summed E-state index contributed by atoms with van der Waals surface area (Å²) >= 11 is 0. The molecule has 0 aliphatic heterocycles. The number of allylic oxidation sites excluding steroid dienone is 2. The van der Waals surface area contributed by atoms with Crippen LogP contribution < -0.4 is 0 Å². The van der Waals surface area contributed by atoms with E-state index in [1.165, 1.54) is 57.8 Å². The van der Waals surface area contributed by atoms with Crippen LogP contribution in [0.3, 0.4) is 0 Å². The van der Waals surface area contributed by atoms with E-state index in [9.17, 15) is 14.9 Å². The smallest absolute Gasteiger partial charge is 0.311 e. The molecule has 0 aromatic carbocycles. The van der Waals surface area contributed by atoms with Gasteiger partial charge in [0.15, 0.2) is 0 Å². The molecule has 0 aromatic rings. The van der Waals surface area contributed by atoms with Gasteiger partial charge in [0.2, 0.25) is 6.54 Å². The normalized spacial score (nSPS) is 38.5. The van der Waals surface area contributed by atoms with E-state index >= 15 is 0 Å². The molecule has 204 valence electrons. The summed E-state index contributed by atoms with van der Waals surface area (Å²) in [5, 5.41) is 10.5. The van der Waals surface area contributed by atoms with Gasteiger partial charge in [-0.15, -0.1) is 0 Å². The number of ether oxygens (including phenoxy) is 1. The van der Waals surface area contributed by atoms with Crippen LogP contribution in [0.15, 0.2) is 11.8 Å². The first-order chi connectivity index (χ1) is 17.0. The molecule has 0 radical (unpaired) electrons. The van der Waals surface area contributed by atoms with Gasteiger partial charge in [-0.3, -0.25) is 14.9 Å². The summed E-state index contributed by atoms with van der Waals surface area (Å²) in [6, 6.07) is 0. The summed E-state index contributed by atoms with van der Waals surface area (Å²) in [7, 11) is 0. The van der Waals surface area contributed by atoms with Crippen molar-refractivity contribution >= 4 is 5.97 Å². The van der Waals surface area contributed by atoms with E-state index in [0.717, 1.165) is 54.1 Å². The predicted molar refractivity (Wildman–Crippen MR) is 144 cm³/mol. The molecule has 5 nitrogen and oxygen atoms in total. The highest BCUT2D eigenvalue weighted by molar-refractivity contribution is 5.70.